The number of unbranched alkanes of at least 4 members (excludes halogenated alkanes) is 2. The summed E-state index contributed by atoms with van der Waals surface area (Å²) in [5, 5.41) is 23.5. The SMILES string of the molecule is CCCCN(CCCC)c1ccc(C=C2C(=C3C(=N)N(CC(=O)OC)N=C3C(=O)O)c3ccccc3S2(=O)=O)cc1. The van der Waals surface area contributed by atoms with Crippen LogP contribution in [0, 0.1) is 5.41 Å². The maximum Gasteiger partial charge on any atom is 0.357 e. The summed E-state index contributed by atoms with van der Waals surface area (Å²) in [6.45, 7) is 5.67. The van der Waals surface area contributed by atoms with Crippen molar-refractivity contribution in [3.05, 3.63) is 70.1 Å². The molecule has 2 aromatic carbocycles. The van der Waals surface area contributed by atoms with Gasteiger partial charge in [-0.15, -0.1) is 0 Å². The molecular formula is C30H34N4O6S. The first-order valence-corrected chi connectivity index (χ1v) is 15.0. The quantitative estimate of drug-likeness (QED) is 0.369. The number of esters is 1. The van der Waals surface area contributed by atoms with E-state index < -0.39 is 39.9 Å². The van der Waals surface area contributed by atoms with E-state index in [1.54, 1.807) is 18.2 Å². The van der Waals surface area contributed by atoms with Gasteiger partial charge in [0.1, 0.15) is 6.54 Å². The third kappa shape index (κ3) is 5.95. The van der Waals surface area contributed by atoms with Crippen LogP contribution in [0.4, 0.5) is 5.69 Å². The number of hydrogen-bond acceptors (Lipinski definition) is 8. The Morgan fingerprint density at radius 3 is 2.24 bits per heavy atom. The first-order chi connectivity index (χ1) is 19.6. The number of hydrogen-bond donors (Lipinski definition) is 2. The van der Waals surface area contributed by atoms with Crippen molar-refractivity contribution < 1.29 is 27.9 Å². The van der Waals surface area contributed by atoms with E-state index in [0.717, 1.165) is 49.5 Å². The minimum atomic E-state index is -4.06. The van der Waals surface area contributed by atoms with Gasteiger partial charge in [-0.25, -0.2) is 18.2 Å². The zero-order valence-corrected chi connectivity index (χ0v) is 24.2. The molecule has 0 saturated heterocycles. The monoisotopic (exact) mass is 578 g/mol. The van der Waals surface area contributed by atoms with Crippen molar-refractivity contribution in [3.63, 3.8) is 0 Å². The number of sulfone groups is 1. The fourth-order valence-electron chi connectivity index (χ4n) is 4.85. The number of carbonyl (C=O) groups is 2. The van der Waals surface area contributed by atoms with Gasteiger partial charge in [0.15, 0.2) is 11.5 Å². The molecule has 2 aliphatic rings. The number of methoxy groups -OCH3 is 1. The van der Waals surface area contributed by atoms with Crippen LogP contribution < -0.4 is 4.90 Å². The lowest BCUT2D eigenvalue weighted by atomic mass is 9.95. The highest BCUT2D eigenvalue weighted by Gasteiger charge is 2.43. The molecule has 0 amide bonds. The number of aliphatic carboxylic acids is 1. The van der Waals surface area contributed by atoms with E-state index >= 15 is 0 Å². The number of carboxylic acids is 1. The van der Waals surface area contributed by atoms with Crippen LogP contribution in [-0.4, -0.2) is 68.8 Å². The van der Waals surface area contributed by atoms with E-state index in [1.807, 2.05) is 24.3 Å². The average molecular weight is 579 g/mol. The molecule has 41 heavy (non-hydrogen) atoms. The number of rotatable bonds is 11. The Labute approximate surface area is 240 Å². The molecule has 0 aromatic heterocycles. The van der Waals surface area contributed by atoms with Gasteiger partial charge >= 0.3 is 11.9 Å². The van der Waals surface area contributed by atoms with Crippen molar-refractivity contribution >= 4 is 50.7 Å². The smallest absolute Gasteiger partial charge is 0.357 e. The van der Waals surface area contributed by atoms with E-state index in [-0.39, 0.29) is 26.5 Å². The number of nitrogens with one attached hydrogen (secondary N) is 1. The Balaban J connectivity index is 1.85. The van der Waals surface area contributed by atoms with Crippen LogP contribution >= 0.6 is 0 Å². The molecule has 0 bridgehead atoms. The molecule has 0 spiro atoms. The molecule has 2 heterocycles. The molecule has 11 heteroatoms. The van der Waals surface area contributed by atoms with Crippen LogP contribution in [0.15, 0.2) is 69.0 Å². The molecule has 10 nitrogen and oxygen atoms in total. The zero-order valence-electron chi connectivity index (χ0n) is 23.4. The number of fused-ring (bicyclic) bond motifs is 1. The van der Waals surface area contributed by atoms with Crippen LogP contribution in [0.1, 0.15) is 50.7 Å². The van der Waals surface area contributed by atoms with E-state index in [1.165, 1.54) is 19.3 Å². The predicted octanol–water partition coefficient (Wildman–Crippen LogP) is 4.58. The van der Waals surface area contributed by atoms with Gasteiger partial charge in [-0.1, -0.05) is 57.0 Å². The first kappa shape index (κ1) is 29.7. The van der Waals surface area contributed by atoms with E-state index in [9.17, 15) is 23.1 Å². The number of carbonyl (C=O) groups excluding carboxylic acids is 1. The summed E-state index contributed by atoms with van der Waals surface area (Å²) in [6.07, 6.45) is 5.79. The van der Waals surface area contributed by atoms with E-state index in [2.05, 4.69) is 28.6 Å². The topological polar surface area (TPSA) is 140 Å². The predicted molar refractivity (Wildman–Crippen MR) is 159 cm³/mol. The third-order valence-electron chi connectivity index (χ3n) is 7.01. The molecule has 2 aromatic rings. The van der Waals surface area contributed by atoms with Crippen molar-refractivity contribution in [1.82, 2.24) is 5.01 Å². The number of carboxylic acid groups (broad SMARTS) is 1. The van der Waals surface area contributed by atoms with Crippen molar-refractivity contribution in [2.75, 3.05) is 31.6 Å². The normalized spacial score (nSPS) is 18.4. The summed E-state index contributed by atoms with van der Waals surface area (Å²) in [5.41, 5.74) is 1.29. The number of ether oxygens (including phenoxy) is 1. The first-order valence-electron chi connectivity index (χ1n) is 13.5. The minimum absolute atomic E-state index is 0.0135. The molecule has 0 radical (unpaired) electrons. The molecule has 0 saturated carbocycles. The summed E-state index contributed by atoms with van der Waals surface area (Å²) in [6, 6.07) is 13.9. The summed E-state index contributed by atoms with van der Waals surface area (Å²) < 4.78 is 32.3. The molecule has 2 aliphatic heterocycles. The highest BCUT2D eigenvalue weighted by Crippen LogP contribution is 2.46. The van der Waals surface area contributed by atoms with Gasteiger partial charge < -0.3 is 14.7 Å². The van der Waals surface area contributed by atoms with Crippen LogP contribution in [0.2, 0.25) is 0 Å². The van der Waals surface area contributed by atoms with Gasteiger partial charge in [-0.2, -0.15) is 5.10 Å². The van der Waals surface area contributed by atoms with Gasteiger partial charge in [0.05, 0.1) is 22.5 Å². The van der Waals surface area contributed by atoms with Crippen LogP contribution in [0.3, 0.4) is 0 Å². The highest BCUT2D eigenvalue weighted by atomic mass is 32.2. The Bertz CT molecular complexity index is 1550. The zero-order chi connectivity index (χ0) is 29.7. The summed E-state index contributed by atoms with van der Waals surface area (Å²) >= 11 is 0. The fourth-order valence-corrected chi connectivity index (χ4v) is 6.58. The van der Waals surface area contributed by atoms with E-state index in [0.29, 0.717) is 5.56 Å². The van der Waals surface area contributed by atoms with Crippen LogP contribution in [0.25, 0.3) is 11.6 Å². The Morgan fingerprint density at radius 2 is 1.66 bits per heavy atom. The molecule has 216 valence electrons. The Morgan fingerprint density at radius 1 is 1.02 bits per heavy atom. The standard InChI is InChI=1S/C30H34N4O6S/c1-4-6-16-33(17-7-5-2)21-14-12-20(13-15-21)18-24-26(22-10-8-9-11-23(22)41(24,38)39)27-28(30(36)37)32-34(29(27)31)19-25(35)40-3/h8-15,18,31H,4-7,16-17,19H2,1-3H3,(H,36,37). The average Bonchev–Trinajstić information content (AvgIpc) is 3.39. The second-order valence-electron chi connectivity index (χ2n) is 9.78. The minimum Gasteiger partial charge on any atom is -0.476 e. The van der Waals surface area contributed by atoms with Crippen LogP contribution in [-0.2, 0) is 24.2 Å². The number of hydrazone groups is 1. The van der Waals surface area contributed by atoms with Crippen molar-refractivity contribution in [2.24, 2.45) is 5.10 Å². The largest absolute Gasteiger partial charge is 0.476 e. The highest BCUT2D eigenvalue weighted by molar-refractivity contribution is 7.96. The summed E-state index contributed by atoms with van der Waals surface area (Å²) in [5.74, 6) is -2.58. The molecule has 4 rings (SSSR count). The molecule has 0 aliphatic carbocycles. The van der Waals surface area contributed by atoms with Gasteiger partial charge in [-0.3, -0.25) is 10.2 Å². The Hall–Kier alpha value is -4.25. The number of allylic oxidation sites excluding steroid dienone is 1. The van der Waals surface area contributed by atoms with Crippen molar-refractivity contribution in [1.29, 1.82) is 5.41 Å². The number of amidine groups is 1. The number of anilines is 1. The second kappa shape index (κ2) is 12.5. The summed E-state index contributed by atoms with van der Waals surface area (Å²) in [4.78, 5) is 26.3. The Kier molecular flexibility index (Phi) is 9.07. The molecule has 0 unspecified atom stereocenters. The second-order valence-corrected chi connectivity index (χ2v) is 11.7. The molecule has 2 N–H and O–H groups in total. The third-order valence-corrected chi connectivity index (χ3v) is 8.85. The van der Waals surface area contributed by atoms with Gasteiger partial charge in [-0.05, 0) is 42.7 Å². The number of benzene rings is 2. The lowest BCUT2D eigenvalue weighted by molar-refractivity contribution is -0.141. The van der Waals surface area contributed by atoms with E-state index in [4.69, 9.17) is 5.41 Å². The maximum atomic E-state index is 13.8. The van der Waals surface area contributed by atoms with Gasteiger partial charge in [0, 0.05) is 29.9 Å². The van der Waals surface area contributed by atoms with Gasteiger partial charge in [0.2, 0.25) is 9.84 Å². The lowest BCUT2D eigenvalue weighted by Gasteiger charge is -2.24. The lowest BCUT2D eigenvalue weighted by Crippen LogP contribution is -2.29. The molecule has 0 atom stereocenters. The van der Waals surface area contributed by atoms with Crippen molar-refractivity contribution in [2.45, 2.75) is 44.4 Å². The van der Waals surface area contributed by atoms with Gasteiger partial charge in [0.25, 0.3) is 0 Å². The maximum absolute atomic E-state index is 13.8. The number of nitrogens with zero attached hydrogens (tertiary/aromatic N) is 3. The molecular weight excluding hydrogens is 544 g/mol. The van der Waals surface area contributed by atoms with Crippen LogP contribution in [0.5, 0.6) is 0 Å². The molecule has 0 fully saturated rings. The summed E-state index contributed by atoms with van der Waals surface area (Å²) in [7, 11) is -2.89. The van der Waals surface area contributed by atoms with Crippen molar-refractivity contribution in [3.8, 4) is 0 Å². The fraction of sp³-hybridized carbons (Fsp3) is 0.333.